The molecule has 2 amide bonds. The summed E-state index contributed by atoms with van der Waals surface area (Å²) < 4.78 is 0. The van der Waals surface area contributed by atoms with Gasteiger partial charge in [-0.2, -0.15) is 0 Å². The lowest BCUT2D eigenvalue weighted by atomic mass is 10.1. The Morgan fingerprint density at radius 3 is 2.53 bits per heavy atom. The monoisotopic (exact) mass is 280 g/mol. The van der Waals surface area contributed by atoms with Gasteiger partial charge in [0, 0.05) is 24.7 Å². The quantitative estimate of drug-likeness (QED) is 0.903. The van der Waals surface area contributed by atoms with Gasteiger partial charge >= 0.3 is 6.03 Å². The van der Waals surface area contributed by atoms with Gasteiger partial charge in [0.05, 0.1) is 0 Å². The van der Waals surface area contributed by atoms with Crippen molar-refractivity contribution in [3.8, 4) is 0 Å². The van der Waals surface area contributed by atoms with Crippen LogP contribution < -0.4 is 5.32 Å². The topological polar surface area (TPSA) is 32.3 Å². The van der Waals surface area contributed by atoms with Gasteiger partial charge in [0.15, 0.2) is 0 Å². The zero-order valence-electron chi connectivity index (χ0n) is 11.2. The molecule has 4 heteroatoms. The van der Waals surface area contributed by atoms with Crippen LogP contribution in [0.15, 0.2) is 24.3 Å². The SMILES string of the molecule is O=C(NCCc1ccccc1Cl)N1CCCCCC1. The fourth-order valence-corrected chi connectivity index (χ4v) is 2.62. The molecule has 3 nitrogen and oxygen atoms in total. The minimum Gasteiger partial charge on any atom is -0.338 e. The molecule has 0 aromatic heterocycles. The largest absolute Gasteiger partial charge is 0.338 e. The summed E-state index contributed by atoms with van der Waals surface area (Å²) in [5.74, 6) is 0. The average Bonchev–Trinajstić information content (AvgIpc) is 2.70. The summed E-state index contributed by atoms with van der Waals surface area (Å²) in [5, 5.41) is 3.75. The van der Waals surface area contributed by atoms with Crippen molar-refractivity contribution in [2.24, 2.45) is 0 Å². The van der Waals surface area contributed by atoms with E-state index in [1.807, 2.05) is 29.2 Å². The number of rotatable bonds is 3. The highest BCUT2D eigenvalue weighted by atomic mass is 35.5. The molecule has 2 rings (SSSR count). The highest BCUT2D eigenvalue weighted by Gasteiger charge is 2.14. The van der Waals surface area contributed by atoms with Gasteiger partial charge < -0.3 is 10.2 Å². The summed E-state index contributed by atoms with van der Waals surface area (Å²) in [4.78, 5) is 13.9. The van der Waals surface area contributed by atoms with Crippen molar-refractivity contribution in [1.29, 1.82) is 0 Å². The fraction of sp³-hybridized carbons (Fsp3) is 0.533. The molecule has 1 heterocycles. The fourth-order valence-electron chi connectivity index (χ4n) is 2.39. The number of nitrogens with zero attached hydrogens (tertiary/aromatic N) is 1. The zero-order valence-corrected chi connectivity index (χ0v) is 12.0. The van der Waals surface area contributed by atoms with Crippen LogP contribution in [0.3, 0.4) is 0 Å². The Balaban J connectivity index is 1.76. The maximum atomic E-state index is 12.0. The third kappa shape index (κ3) is 4.43. The van der Waals surface area contributed by atoms with Crippen LogP contribution >= 0.6 is 11.6 Å². The summed E-state index contributed by atoms with van der Waals surface area (Å²) in [6, 6.07) is 7.84. The Labute approximate surface area is 119 Å². The van der Waals surface area contributed by atoms with Gasteiger partial charge in [0.25, 0.3) is 0 Å². The molecule has 0 aliphatic carbocycles. The molecular formula is C15H21ClN2O. The first-order valence-corrected chi connectivity index (χ1v) is 7.41. The first-order valence-electron chi connectivity index (χ1n) is 7.03. The van der Waals surface area contributed by atoms with Crippen molar-refractivity contribution in [1.82, 2.24) is 10.2 Å². The van der Waals surface area contributed by atoms with Gasteiger partial charge in [-0.3, -0.25) is 0 Å². The van der Waals surface area contributed by atoms with Crippen molar-refractivity contribution in [2.75, 3.05) is 19.6 Å². The van der Waals surface area contributed by atoms with Crippen LogP contribution in [0.2, 0.25) is 5.02 Å². The summed E-state index contributed by atoms with van der Waals surface area (Å²) in [6.45, 7) is 2.41. The summed E-state index contributed by atoms with van der Waals surface area (Å²) in [5.41, 5.74) is 1.08. The molecule has 1 aromatic carbocycles. The van der Waals surface area contributed by atoms with E-state index < -0.39 is 0 Å². The lowest BCUT2D eigenvalue weighted by Gasteiger charge is -2.20. The number of hydrogen-bond donors (Lipinski definition) is 1. The number of nitrogens with one attached hydrogen (secondary N) is 1. The Morgan fingerprint density at radius 2 is 1.84 bits per heavy atom. The zero-order chi connectivity index (χ0) is 13.5. The Kier molecular flexibility index (Phi) is 5.52. The second kappa shape index (κ2) is 7.39. The molecule has 1 aliphatic heterocycles. The number of carbonyl (C=O) groups is 1. The summed E-state index contributed by atoms with van der Waals surface area (Å²) >= 11 is 6.09. The Hall–Kier alpha value is -1.22. The predicted molar refractivity (Wildman–Crippen MR) is 78.6 cm³/mol. The van der Waals surface area contributed by atoms with Gasteiger partial charge in [-0.25, -0.2) is 4.79 Å². The third-order valence-electron chi connectivity index (χ3n) is 3.52. The standard InChI is InChI=1S/C15H21ClN2O/c16-14-8-4-3-7-13(14)9-10-17-15(19)18-11-5-1-2-6-12-18/h3-4,7-8H,1-2,5-6,9-12H2,(H,17,19). The molecule has 1 fully saturated rings. The summed E-state index contributed by atoms with van der Waals surface area (Å²) in [7, 11) is 0. The number of halogens is 1. The van der Waals surface area contributed by atoms with E-state index in [1.54, 1.807) is 0 Å². The van der Waals surface area contributed by atoms with E-state index in [1.165, 1.54) is 12.8 Å². The maximum absolute atomic E-state index is 12.0. The number of urea groups is 1. The molecule has 19 heavy (non-hydrogen) atoms. The average molecular weight is 281 g/mol. The van der Waals surface area contributed by atoms with Crippen LogP contribution in [0.25, 0.3) is 0 Å². The van der Waals surface area contributed by atoms with Gasteiger partial charge in [-0.15, -0.1) is 0 Å². The van der Waals surface area contributed by atoms with E-state index >= 15 is 0 Å². The minimum atomic E-state index is 0.0638. The maximum Gasteiger partial charge on any atom is 0.317 e. The van der Waals surface area contributed by atoms with Crippen LogP contribution in [0, 0.1) is 0 Å². The molecule has 0 atom stereocenters. The highest BCUT2D eigenvalue weighted by Crippen LogP contribution is 2.15. The second-order valence-electron chi connectivity index (χ2n) is 4.97. The Morgan fingerprint density at radius 1 is 1.16 bits per heavy atom. The van der Waals surface area contributed by atoms with Crippen molar-refractivity contribution < 1.29 is 4.79 Å². The molecule has 0 saturated carbocycles. The van der Waals surface area contributed by atoms with Crippen molar-refractivity contribution in [2.45, 2.75) is 32.1 Å². The number of amides is 2. The van der Waals surface area contributed by atoms with Gasteiger partial charge in [-0.05, 0) is 30.9 Å². The molecular weight excluding hydrogens is 260 g/mol. The molecule has 1 aliphatic rings. The molecule has 0 bridgehead atoms. The molecule has 0 unspecified atom stereocenters. The number of hydrogen-bond acceptors (Lipinski definition) is 1. The number of likely N-dealkylation sites (tertiary alicyclic amines) is 1. The lowest BCUT2D eigenvalue weighted by Crippen LogP contribution is -2.41. The van der Waals surface area contributed by atoms with E-state index in [9.17, 15) is 4.79 Å². The van der Waals surface area contributed by atoms with E-state index in [0.717, 1.165) is 42.9 Å². The van der Waals surface area contributed by atoms with E-state index in [0.29, 0.717) is 6.54 Å². The first-order chi connectivity index (χ1) is 9.27. The molecule has 0 radical (unpaired) electrons. The third-order valence-corrected chi connectivity index (χ3v) is 3.89. The van der Waals surface area contributed by atoms with Gasteiger partial charge in [0.1, 0.15) is 0 Å². The first kappa shape index (κ1) is 14.2. The van der Waals surface area contributed by atoms with Crippen LogP contribution in [0.5, 0.6) is 0 Å². The van der Waals surface area contributed by atoms with Crippen molar-refractivity contribution in [3.63, 3.8) is 0 Å². The van der Waals surface area contributed by atoms with Crippen molar-refractivity contribution in [3.05, 3.63) is 34.9 Å². The summed E-state index contributed by atoms with van der Waals surface area (Å²) in [6.07, 6.45) is 5.50. The van der Waals surface area contributed by atoms with Crippen LogP contribution in [0.4, 0.5) is 4.79 Å². The van der Waals surface area contributed by atoms with Gasteiger partial charge in [0.2, 0.25) is 0 Å². The lowest BCUT2D eigenvalue weighted by molar-refractivity contribution is 0.200. The normalized spacial score (nSPS) is 15.9. The van der Waals surface area contributed by atoms with E-state index in [-0.39, 0.29) is 6.03 Å². The molecule has 1 N–H and O–H groups in total. The van der Waals surface area contributed by atoms with E-state index in [4.69, 9.17) is 11.6 Å². The van der Waals surface area contributed by atoms with Crippen LogP contribution in [0.1, 0.15) is 31.2 Å². The predicted octanol–water partition coefficient (Wildman–Crippen LogP) is 3.47. The molecule has 1 saturated heterocycles. The van der Waals surface area contributed by atoms with Crippen LogP contribution in [-0.2, 0) is 6.42 Å². The highest BCUT2D eigenvalue weighted by molar-refractivity contribution is 6.31. The van der Waals surface area contributed by atoms with Crippen LogP contribution in [-0.4, -0.2) is 30.6 Å². The van der Waals surface area contributed by atoms with Gasteiger partial charge in [-0.1, -0.05) is 42.6 Å². The molecule has 1 aromatic rings. The number of carbonyl (C=O) groups excluding carboxylic acids is 1. The second-order valence-corrected chi connectivity index (χ2v) is 5.38. The molecule has 0 spiro atoms. The smallest absolute Gasteiger partial charge is 0.317 e. The van der Waals surface area contributed by atoms with Crippen molar-refractivity contribution >= 4 is 17.6 Å². The van der Waals surface area contributed by atoms with E-state index in [2.05, 4.69) is 5.32 Å². The Bertz CT molecular complexity index is 414. The minimum absolute atomic E-state index is 0.0638. The molecule has 104 valence electrons. The number of benzene rings is 1.